The Hall–Kier alpha value is -2.90. The number of carbonyl (C=O) groups excluding carboxylic acids is 1. The summed E-state index contributed by atoms with van der Waals surface area (Å²) in [5, 5.41) is 14.8. The van der Waals surface area contributed by atoms with Gasteiger partial charge in [0.25, 0.3) is 0 Å². The molecule has 5 N–H and O–H groups in total. The summed E-state index contributed by atoms with van der Waals surface area (Å²) in [7, 11) is 0. The summed E-state index contributed by atoms with van der Waals surface area (Å²) < 4.78 is 39.3. The molecule has 0 aliphatic rings. The topological polar surface area (TPSA) is 87.4 Å². The predicted octanol–water partition coefficient (Wildman–Crippen LogP) is 4.92. The molecule has 158 valence electrons. The molecule has 0 radical (unpaired) electrons. The van der Waals surface area contributed by atoms with E-state index in [-0.39, 0.29) is 41.6 Å². The first-order valence-electron chi connectivity index (χ1n) is 9.50. The zero-order valence-electron chi connectivity index (χ0n) is 16.1. The lowest BCUT2D eigenvalue weighted by Gasteiger charge is -2.13. The molecule has 0 spiro atoms. The number of hydrogen-bond acceptors (Lipinski definition) is 4. The Morgan fingerprint density at radius 2 is 1.76 bits per heavy atom. The minimum atomic E-state index is -1.44. The molecular weight excluding hydrogens is 383 g/mol. The number of alkyl halides is 2. The number of phenols is 1. The zero-order chi connectivity index (χ0) is 21.2. The van der Waals surface area contributed by atoms with E-state index in [0.29, 0.717) is 25.8 Å². The van der Waals surface area contributed by atoms with Crippen molar-refractivity contribution in [2.24, 2.45) is 0 Å². The van der Waals surface area contributed by atoms with Crippen LogP contribution >= 0.6 is 0 Å². The third kappa shape index (κ3) is 7.21. The Morgan fingerprint density at radius 1 is 1.07 bits per heavy atom. The highest BCUT2D eigenvalue weighted by Crippen LogP contribution is 2.28. The van der Waals surface area contributed by atoms with Gasteiger partial charge in [-0.2, -0.15) is 0 Å². The van der Waals surface area contributed by atoms with Crippen molar-refractivity contribution in [1.29, 1.82) is 0 Å². The van der Waals surface area contributed by atoms with Gasteiger partial charge in [0.1, 0.15) is 18.6 Å². The molecule has 2 rings (SSSR count). The van der Waals surface area contributed by atoms with Crippen LogP contribution in [0.5, 0.6) is 5.75 Å². The highest BCUT2D eigenvalue weighted by Gasteiger charge is 2.13. The van der Waals surface area contributed by atoms with E-state index >= 15 is 0 Å². The predicted molar refractivity (Wildman–Crippen MR) is 109 cm³/mol. The van der Waals surface area contributed by atoms with Gasteiger partial charge < -0.3 is 21.5 Å². The van der Waals surface area contributed by atoms with Crippen LogP contribution in [0.1, 0.15) is 37.7 Å². The van der Waals surface area contributed by atoms with Crippen LogP contribution in [-0.4, -0.2) is 23.9 Å². The highest BCUT2D eigenvalue weighted by molar-refractivity contribution is 5.94. The van der Waals surface area contributed by atoms with Crippen LogP contribution in [0.25, 0.3) is 0 Å². The average Bonchev–Trinajstić information content (AvgIpc) is 2.71. The number of rotatable bonds is 11. The zero-order valence-corrected chi connectivity index (χ0v) is 16.1. The number of hydrogen-bond donors (Lipinski definition) is 4. The van der Waals surface area contributed by atoms with Crippen molar-refractivity contribution < 1.29 is 23.1 Å². The molecular formula is C21H26F3N3O2. The van der Waals surface area contributed by atoms with Crippen LogP contribution in [0.2, 0.25) is 0 Å². The average molecular weight is 409 g/mol. The molecule has 0 fully saturated rings. The smallest absolute Gasteiger partial charge is 0.224 e. The van der Waals surface area contributed by atoms with Gasteiger partial charge in [-0.1, -0.05) is 25.0 Å². The molecule has 0 bridgehead atoms. The lowest BCUT2D eigenvalue weighted by atomic mass is 10.1. The van der Waals surface area contributed by atoms with Crippen LogP contribution in [0.15, 0.2) is 36.4 Å². The minimum Gasteiger partial charge on any atom is -0.508 e. The number of aromatic hydroxyl groups is 1. The Balaban J connectivity index is 1.83. The van der Waals surface area contributed by atoms with E-state index in [2.05, 4.69) is 10.6 Å². The second kappa shape index (κ2) is 11.2. The Labute approximate surface area is 168 Å². The maximum absolute atomic E-state index is 14.5. The molecule has 29 heavy (non-hydrogen) atoms. The fourth-order valence-corrected chi connectivity index (χ4v) is 2.77. The third-order valence-electron chi connectivity index (χ3n) is 4.46. The maximum Gasteiger partial charge on any atom is 0.224 e. The quantitative estimate of drug-likeness (QED) is 0.313. The van der Waals surface area contributed by atoms with Gasteiger partial charge in [0.2, 0.25) is 5.91 Å². The van der Waals surface area contributed by atoms with Crippen LogP contribution in [0.4, 0.5) is 30.2 Å². The van der Waals surface area contributed by atoms with E-state index < -0.39 is 18.7 Å². The number of carbonyl (C=O) groups is 1. The van der Waals surface area contributed by atoms with Gasteiger partial charge in [-0.05, 0) is 42.7 Å². The van der Waals surface area contributed by atoms with Crippen molar-refractivity contribution in [2.45, 2.75) is 44.8 Å². The molecule has 1 unspecified atom stereocenters. The van der Waals surface area contributed by atoms with Gasteiger partial charge in [0.15, 0.2) is 5.82 Å². The first-order valence-corrected chi connectivity index (χ1v) is 9.50. The lowest BCUT2D eigenvalue weighted by Crippen LogP contribution is -2.14. The number of amides is 1. The van der Waals surface area contributed by atoms with Crippen LogP contribution in [0, 0.1) is 5.82 Å². The van der Waals surface area contributed by atoms with Crippen molar-refractivity contribution in [2.75, 3.05) is 23.0 Å². The van der Waals surface area contributed by atoms with Crippen LogP contribution in [-0.2, 0) is 11.3 Å². The summed E-state index contributed by atoms with van der Waals surface area (Å²) in [6, 6.07) is 9.51. The molecule has 1 atom stereocenters. The highest BCUT2D eigenvalue weighted by atomic mass is 19.2. The second-order valence-corrected chi connectivity index (χ2v) is 6.81. The van der Waals surface area contributed by atoms with Gasteiger partial charge in [-0.3, -0.25) is 4.79 Å². The van der Waals surface area contributed by atoms with E-state index in [0.717, 1.165) is 5.56 Å². The van der Waals surface area contributed by atoms with Gasteiger partial charge in [0.05, 0.1) is 17.1 Å². The van der Waals surface area contributed by atoms with E-state index in [9.17, 15) is 23.1 Å². The van der Waals surface area contributed by atoms with E-state index in [1.165, 1.54) is 24.3 Å². The molecule has 2 aromatic carbocycles. The van der Waals surface area contributed by atoms with Gasteiger partial charge >= 0.3 is 0 Å². The monoisotopic (exact) mass is 409 g/mol. The molecule has 0 aliphatic heterocycles. The van der Waals surface area contributed by atoms with Crippen molar-refractivity contribution in [3.8, 4) is 5.75 Å². The first kappa shape index (κ1) is 22.4. The number of nitrogen functional groups attached to an aromatic ring is 1. The summed E-state index contributed by atoms with van der Waals surface area (Å²) in [5.41, 5.74) is 6.87. The van der Waals surface area contributed by atoms with Gasteiger partial charge in [-0.25, -0.2) is 13.2 Å². The molecule has 0 heterocycles. The number of nitrogens with one attached hydrogen (secondary N) is 2. The molecule has 0 aromatic heterocycles. The summed E-state index contributed by atoms with van der Waals surface area (Å²) in [5.74, 6) is -0.833. The number of nitrogens with two attached hydrogens (primary N) is 1. The van der Waals surface area contributed by atoms with Crippen molar-refractivity contribution >= 4 is 23.0 Å². The van der Waals surface area contributed by atoms with Crippen LogP contribution < -0.4 is 16.4 Å². The fourth-order valence-electron chi connectivity index (χ4n) is 2.77. The van der Waals surface area contributed by atoms with E-state index in [1.54, 1.807) is 12.1 Å². The fraction of sp³-hybridized carbons (Fsp3) is 0.381. The Bertz CT molecular complexity index is 801. The lowest BCUT2D eigenvalue weighted by molar-refractivity contribution is -0.116. The molecule has 2 aromatic rings. The Morgan fingerprint density at radius 3 is 2.45 bits per heavy atom. The molecule has 0 aliphatic carbocycles. The number of benzene rings is 2. The van der Waals surface area contributed by atoms with Gasteiger partial charge in [-0.15, -0.1) is 0 Å². The summed E-state index contributed by atoms with van der Waals surface area (Å²) in [6.45, 7) is -0.643. The maximum atomic E-state index is 14.5. The van der Waals surface area contributed by atoms with Crippen molar-refractivity contribution in [1.82, 2.24) is 0 Å². The third-order valence-corrected chi connectivity index (χ3v) is 4.46. The molecule has 0 saturated carbocycles. The minimum absolute atomic E-state index is 0.148. The number of unbranched alkanes of at least 4 members (excludes halogenated alkanes) is 2. The summed E-state index contributed by atoms with van der Waals surface area (Å²) in [6.07, 6.45) is 0.546. The molecule has 1 amide bonds. The second-order valence-electron chi connectivity index (χ2n) is 6.81. The van der Waals surface area contributed by atoms with Crippen molar-refractivity contribution in [3.05, 3.63) is 47.8 Å². The molecule has 5 nitrogen and oxygen atoms in total. The normalized spacial score (nSPS) is 11.8. The first-order chi connectivity index (χ1) is 13.9. The van der Waals surface area contributed by atoms with Gasteiger partial charge in [0, 0.05) is 13.0 Å². The number of halogens is 3. The SMILES string of the molecule is Nc1c(NC(=O)CCCCCC(F)CF)ccc(NCc2ccc(O)cc2)c1F. The summed E-state index contributed by atoms with van der Waals surface area (Å²) >= 11 is 0. The van der Waals surface area contributed by atoms with E-state index in [4.69, 9.17) is 5.73 Å². The number of anilines is 3. The largest absolute Gasteiger partial charge is 0.508 e. The molecule has 0 saturated heterocycles. The van der Waals surface area contributed by atoms with E-state index in [1.807, 2.05) is 0 Å². The van der Waals surface area contributed by atoms with Crippen LogP contribution in [0.3, 0.4) is 0 Å². The Kier molecular flexibility index (Phi) is 8.64. The number of phenolic OH excluding ortho intramolecular Hbond substituents is 1. The standard InChI is InChI=1S/C21H26F3N3O2/c22-12-15(23)4-2-1-3-5-19(29)27-18-11-10-17(20(24)21(18)25)26-13-14-6-8-16(28)9-7-14/h6-11,15,26,28H,1-5,12-13,25H2,(H,27,29). The summed E-state index contributed by atoms with van der Waals surface area (Å²) in [4.78, 5) is 12.0. The molecule has 8 heteroatoms. The van der Waals surface area contributed by atoms with Crippen molar-refractivity contribution in [3.63, 3.8) is 0 Å².